The number of hydrogen-bond donors (Lipinski definition) is 2. The Labute approximate surface area is 115 Å². The summed E-state index contributed by atoms with van der Waals surface area (Å²) < 4.78 is 0. The molecule has 3 heteroatoms. The van der Waals surface area contributed by atoms with Crippen LogP contribution in [0.25, 0.3) is 0 Å². The third-order valence-electron chi connectivity index (χ3n) is 5.68. The highest BCUT2D eigenvalue weighted by Gasteiger charge is 2.48. The molecule has 1 heterocycles. The SMILES string of the molecule is NCc1ccncc1NC1C2CC3CC(C2)CC1C3. The van der Waals surface area contributed by atoms with E-state index in [-0.39, 0.29) is 0 Å². The lowest BCUT2D eigenvalue weighted by Crippen LogP contribution is -2.51. The summed E-state index contributed by atoms with van der Waals surface area (Å²) in [6.07, 6.45) is 11.1. The molecule has 3 N–H and O–H groups in total. The van der Waals surface area contributed by atoms with E-state index in [0.717, 1.165) is 23.7 Å². The maximum Gasteiger partial charge on any atom is 0.0574 e. The van der Waals surface area contributed by atoms with Crippen molar-refractivity contribution in [3.8, 4) is 0 Å². The monoisotopic (exact) mass is 257 g/mol. The van der Waals surface area contributed by atoms with Crippen molar-refractivity contribution >= 4 is 5.69 Å². The zero-order chi connectivity index (χ0) is 12.8. The second kappa shape index (κ2) is 4.48. The average molecular weight is 257 g/mol. The number of rotatable bonds is 3. The molecule has 4 bridgehead atoms. The van der Waals surface area contributed by atoms with Crippen LogP contribution in [0.3, 0.4) is 0 Å². The smallest absolute Gasteiger partial charge is 0.0574 e. The number of anilines is 1. The summed E-state index contributed by atoms with van der Waals surface area (Å²) in [5.41, 5.74) is 8.20. The lowest BCUT2D eigenvalue weighted by atomic mass is 9.54. The molecular weight excluding hydrogens is 234 g/mol. The van der Waals surface area contributed by atoms with E-state index in [1.807, 2.05) is 18.5 Å². The van der Waals surface area contributed by atoms with Crippen LogP contribution < -0.4 is 11.1 Å². The predicted molar refractivity (Wildman–Crippen MR) is 76.6 cm³/mol. The van der Waals surface area contributed by atoms with Gasteiger partial charge < -0.3 is 11.1 Å². The summed E-state index contributed by atoms with van der Waals surface area (Å²) in [5, 5.41) is 3.80. The molecule has 0 unspecified atom stereocenters. The van der Waals surface area contributed by atoms with Crippen molar-refractivity contribution in [2.75, 3.05) is 5.32 Å². The van der Waals surface area contributed by atoms with Gasteiger partial charge in [0.25, 0.3) is 0 Å². The summed E-state index contributed by atoms with van der Waals surface area (Å²) in [6.45, 7) is 0.595. The van der Waals surface area contributed by atoms with Crippen LogP contribution in [-0.4, -0.2) is 11.0 Å². The maximum absolute atomic E-state index is 5.83. The van der Waals surface area contributed by atoms with Gasteiger partial charge in [0.1, 0.15) is 0 Å². The van der Waals surface area contributed by atoms with E-state index in [4.69, 9.17) is 5.73 Å². The second-order valence-electron chi connectivity index (χ2n) is 6.84. The summed E-state index contributed by atoms with van der Waals surface area (Å²) in [7, 11) is 0. The van der Waals surface area contributed by atoms with Crippen LogP contribution in [0, 0.1) is 23.7 Å². The molecule has 1 aromatic rings. The minimum atomic E-state index is 0.595. The van der Waals surface area contributed by atoms with Crippen molar-refractivity contribution in [3.63, 3.8) is 0 Å². The minimum absolute atomic E-state index is 0.595. The third kappa shape index (κ3) is 1.95. The summed E-state index contributed by atoms with van der Waals surface area (Å²) >= 11 is 0. The topological polar surface area (TPSA) is 50.9 Å². The van der Waals surface area contributed by atoms with Gasteiger partial charge in [-0.15, -0.1) is 0 Å². The Morgan fingerprint density at radius 2 is 1.79 bits per heavy atom. The largest absolute Gasteiger partial charge is 0.380 e. The maximum atomic E-state index is 5.83. The Morgan fingerprint density at radius 3 is 2.42 bits per heavy atom. The predicted octanol–water partition coefficient (Wildman–Crippen LogP) is 2.78. The van der Waals surface area contributed by atoms with Gasteiger partial charge >= 0.3 is 0 Å². The van der Waals surface area contributed by atoms with Crippen LogP contribution in [0.5, 0.6) is 0 Å². The van der Waals surface area contributed by atoms with E-state index in [9.17, 15) is 0 Å². The van der Waals surface area contributed by atoms with Crippen LogP contribution in [0.15, 0.2) is 18.5 Å². The standard InChI is InChI=1S/C16H23N3/c17-8-12-1-2-18-9-15(12)19-16-13-4-10-3-11(6-13)7-14(16)5-10/h1-2,9-11,13-14,16,19H,3-8,17H2. The molecule has 0 saturated heterocycles. The normalized spacial score (nSPS) is 39.5. The Bertz CT molecular complexity index is 443. The summed E-state index contributed by atoms with van der Waals surface area (Å²) in [4.78, 5) is 4.26. The molecule has 1 aromatic heterocycles. The van der Waals surface area contributed by atoms with Gasteiger partial charge in [-0.05, 0) is 67.4 Å². The highest BCUT2D eigenvalue weighted by molar-refractivity contribution is 5.50. The Kier molecular flexibility index (Phi) is 2.76. The molecule has 102 valence electrons. The highest BCUT2D eigenvalue weighted by atomic mass is 15.0. The Balaban J connectivity index is 1.57. The molecule has 4 fully saturated rings. The van der Waals surface area contributed by atoms with Crippen LogP contribution in [-0.2, 0) is 6.54 Å². The van der Waals surface area contributed by atoms with Crippen LogP contribution >= 0.6 is 0 Å². The van der Waals surface area contributed by atoms with E-state index < -0.39 is 0 Å². The number of nitrogens with one attached hydrogen (secondary N) is 1. The summed E-state index contributed by atoms with van der Waals surface area (Å²) in [5.74, 6) is 3.84. The van der Waals surface area contributed by atoms with E-state index in [0.29, 0.717) is 12.6 Å². The first-order valence-electron chi connectivity index (χ1n) is 7.73. The molecule has 5 rings (SSSR count). The molecule has 19 heavy (non-hydrogen) atoms. The van der Waals surface area contributed by atoms with Crippen LogP contribution in [0.1, 0.15) is 37.7 Å². The average Bonchev–Trinajstić information content (AvgIpc) is 2.42. The number of aromatic nitrogens is 1. The van der Waals surface area contributed by atoms with E-state index in [2.05, 4.69) is 10.3 Å². The first-order chi connectivity index (χ1) is 9.33. The van der Waals surface area contributed by atoms with Crippen molar-refractivity contribution in [3.05, 3.63) is 24.0 Å². The van der Waals surface area contributed by atoms with Gasteiger partial charge in [-0.1, -0.05) is 0 Å². The number of pyridine rings is 1. The van der Waals surface area contributed by atoms with Gasteiger partial charge in [-0.3, -0.25) is 4.98 Å². The van der Waals surface area contributed by atoms with Gasteiger partial charge in [-0.2, -0.15) is 0 Å². The lowest BCUT2D eigenvalue weighted by Gasteiger charge is -2.54. The fourth-order valence-corrected chi connectivity index (χ4v) is 5.07. The summed E-state index contributed by atoms with van der Waals surface area (Å²) in [6, 6.07) is 2.71. The van der Waals surface area contributed by atoms with Crippen LogP contribution in [0.2, 0.25) is 0 Å². The number of nitrogens with two attached hydrogens (primary N) is 1. The van der Waals surface area contributed by atoms with Gasteiger partial charge in [0.15, 0.2) is 0 Å². The van der Waals surface area contributed by atoms with Gasteiger partial charge in [-0.25, -0.2) is 0 Å². The van der Waals surface area contributed by atoms with Crippen molar-refractivity contribution in [2.24, 2.45) is 29.4 Å². The lowest BCUT2D eigenvalue weighted by molar-refractivity contribution is 0.00751. The first-order valence-corrected chi connectivity index (χ1v) is 7.73. The number of hydrogen-bond acceptors (Lipinski definition) is 3. The number of nitrogens with zero attached hydrogens (tertiary/aromatic N) is 1. The van der Waals surface area contributed by atoms with Crippen molar-refractivity contribution < 1.29 is 0 Å². The molecule has 0 aliphatic heterocycles. The highest BCUT2D eigenvalue weighted by Crippen LogP contribution is 2.54. The van der Waals surface area contributed by atoms with E-state index in [1.54, 1.807) is 0 Å². The molecule has 0 aromatic carbocycles. The molecule has 4 aliphatic rings. The van der Waals surface area contributed by atoms with Crippen LogP contribution in [0.4, 0.5) is 5.69 Å². The van der Waals surface area contributed by atoms with Gasteiger partial charge in [0, 0.05) is 18.8 Å². The molecule has 0 amide bonds. The molecule has 4 aliphatic carbocycles. The van der Waals surface area contributed by atoms with Gasteiger partial charge in [0.2, 0.25) is 0 Å². The fraction of sp³-hybridized carbons (Fsp3) is 0.688. The molecule has 4 saturated carbocycles. The fourth-order valence-electron chi connectivity index (χ4n) is 5.07. The third-order valence-corrected chi connectivity index (χ3v) is 5.68. The molecular formula is C16H23N3. The Morgan fingerprint density at radius 1 is 1.11 bits per heavy atom. The minimum Gasteiger partial charge on any atom is -0.380 e. The molecule has 3 nitrogen and oxygen atoms in total. The van der Waals surface area contributed by atoms with Crippen molar-refractivity contribution in [2.45, 2.75) is 44.7 Å². The quantitative estimate of drug-likeness (QED) is 0.875. The molecule has 0 spiro atoms. The Hall–Kier alpha value is -1.09. The van der Waals surface area contributed by atoms with E-state index >= 15 is 0 Å². The van der Waals surface area contributed by atoms with Crippen molar-refractivity contribution in [1.82, 2.24) is 4.98 Å². The zero-order valence-corrected chi connectivity index (χ0v) is 11.4. The first kappa shape index (κ1) is 11.7. The molecule has 0 atom stereocenters. The zero-order valence-electron chi connectivity index (χ0n) is 11.4. The van der Waals surface area contributed by atoms with Crippen molar-refractivity contribution in [1.29, 1.82) is 0 Å². The molecule has 0 radical (unpaired) electrons. The van der Waals surface area contributed by atoms with Gasteiger partial charge in [0.05, 0.1) is 11.9 Å². The van der Waals surface area contributed by atoms with E-state index in [1.165, 1.54) is 43.4 Å². The second-order valence-corrected chi connectivity index (χ2v) is 6.84.